The van der Waals surface area contributed by atoms with Gasteiger partial charge in [0.25, 0.3) is 0 Å². The number of benzene rings is 10. The fourth-order valence-electron chi connectivity index (χ4n) is 9.62. The molecule has 1 aliphatic rings. The summed E-state index contributed by atoms with van der Waals surface area (Å²) in [6.45, 7) is 0. The van der Waals surface area contributed by atoms with E-state index in [1.807, 2.05) is 0 Å². The first-order valence-corrected chi connectivity index (χ1v) is 19.6. The first kappa shape index (κ1) is 32.5. The lowest BCUT2D eigenvalue weighted by molar-refractivity contribution is 0.399. The van der Waals surface area contributed by atoms with Crippen LogP contribution in [0.1, 0.15) is 22.3 Å². The average Bonchev–Trinajstić information content (AvgIpc) is 3.27. The second kappa shape index (κ2) is 13.1. The minimum atomic E-state index is -0.490. The largest absolute Gasteiger partial charge is 0.455 e. The van der Waals surface area contributed by atoms with Crippen LogP contribution in [-0.4, -0.2) is 0 Å². The van der Waals surface area contributed by atoms with Gasteiger partial charge in [0.15, 0.2) is 0 Å². The van der Waals surface area contributed by atoms with Gasteiger partial charge in [0, 0.05) is 27.3 Å². The number of hydrogen-bond donors (Lipinski definition) is 0. The van der Waals surface area contributed by atoms with Gasteiger partial charge in [0.1, 0.15) is 11.5 Å². The second-order valence-electron chi connectivity index (χ2n) is 15.3. The molecule has 264 valence electrons. The standard InChI is InChI=1S/C55H38O/c1-3-15-37(16-4-1)35-55(36-38-27-29-40(30-28-38)42-33-31-41(32-34-42)39-17-5-2-6-18-39)51-47-23-11-7-19-43(47)45-21-9-13-25-49(45)53(51)56-54-50-26-14-10-22-46(50)44-20-8-12-24-48(44)52(54)55/h1-34H,35-36H2. The van der Waals surface area contributed by atoms with Gasteiger partial charge in [-0.1, -0.05) is 206 Å². The summed E-state index contributed by atoms with van der Waals surface area (Å²) in [6.07, 6.45) is 1.60. The Morgan fingerprint density at radius 3 is 1.02 bits per heavy atom. The van der Waals surface area contributed by atoms with E-state index in [9.17, 15) is 0 Å². The van der Waals surface area contributed by atoms with Gasteiger partial charge in [-0.15, -0.1) is 0 Å². The molecular formula is C55H38O. The molecule has 1 heterocycles. The molecule has 0 aliphatic carbocycles. The van der Waals surface area contributed by atoms with Crippen LogP contribution >= 0.6 is 0 Å². The van der Waals surface area contributed by atoms with Crippen molar-refractivity contribution < 1.29 is 4.74 Å². The van der Waals surface area contributed by atoms with Crippen molar-refractivity contribution in [1.82, 2.24) is 0 Å². The molecule has 0 atom stereocenters. The van der Waals surface area contributed by atoms with Crippen LogP contribution in [0.4, 0.5) is 0 Å². The maximum absolute atomic E-state index is 7.47. The highest BCUT2D eigenvalue weighted by Gasteiger charge is 2.46. The smallest absolute Gasteiger partial charge is 0.140 e. The third-order valence-corrected chi connectivity index (χ3v) is 12.1. The van der Waals surface area contributed by atoms with Crippen LogP contribution in [-0.2, 0) is 18.3 Å². The summed E-state index contributed by atoms with van der Waals surface area (Å²) in [7, 11) is 0. The molecule has 0 fully saturated rings. The Bertz CT molecular complexity index is 2950. The number of fused-ring (bicyclic) bond motifs is 12. The van der Waals surface area contributed by atoms with Crippen molar-refractivity contribution in [3.8, 4) is 33.8 Å². The molecule has 1 heteroatoms. The Hall–Kier alpha value is -6.96. The van der Waals surface area contributed by atoms with Crippen molar-refractivity contribution in [2.75, 3.05) is 0 Å². The molecule has 11 rings (SSSR count). The zero-order valence-corrected chi connectivity index (χ0v) is 31.0. The van der Waals surface area contributed by atoms with E-state index in [1.54, 1.807) is 0 Å². The molecule has 10 aromatic rings. The van der Waals surface area contributed by atoms with Gasteiger partial charge in [-0.2, -0.15) is 0 Å². The highest BCUT2D eigenvalue weighted by molar-refractivity contribution is 6.17. The number of ether oxygens (including phenoxy) is 1. The third kappa shape index (κ3) is 5.16. The molecule has 0 N–H and O–H groups in total. The SMILES string of the molecule is c1ccc(CC2(Cc3ccc(-c4ccc(-c5ccccc5)cc4)cc3)c3c(c4ccccc4c4ccccc34)Oc3c2c2ccccc2c2ccccc32)cc1. The van der Waals surface area contributed by atoms with Gasteiger partial charge >= 0.3 is 0 Å². The summed E-state index contributed by atoms with van der Waals surface area (Å²) in [5, 5.41) is 9.73. The van der Waals surface area contributed by atoms with Gasteiger partial charge in [-0.25, -0.2) is 0 Å². The summed E-state index contributed by atoms with van der Waals surface area (Å²) >= 11 is 0. The first-order valence-electron chi connectivity index (χ1n) is 19.6. The van der Waals surface area contributed by atoms with Crippen LogP contribution < -0.4 is 4.74 Å². The lowest BCUT2D eigenvalue weighted by Gasteiger charge is -2.43. The topological polar surface area (TPSA) is 9.23 Å². The predicted octanol–water partition coefficient (Wildman–Crippen LogP) is 14.5. The van der Waals surface area contributed by atoms with Crippen LogP contribution in [0.15, 0.2) is 206 Å². The highest BCUT2D eigenvalue weighted by Crippen LogP contribution is 2.60. The minimum Gasteiger partial charge on any atom is -0.455 e. The van der Waals surface area contributed by atoms with E-state index in [0.29, 0.717) is 0 Å². The van der Waals surface area contributed by atoms with Crippen LogP contribution in [0.25, 0.3) is 65.3 Å². The quantitative estimate of drug-likeness (QED) is 0.156. The van der Waals surface area contributed by atoms with Gasteiger partial charge in [0.2, 0.25) is 0 Å². The molecule has 0 aromatic heterocycles. The second-order valence-corrected chi connectivity index (χ2v) is 15.3. The normalized spacial score (nSPS) is 13.1. The van der Waals surface area contributed by atoms with Crippen molar-refractivity contribution in [2.45, 2.75) is 18.3 Å². The minimum absolute atomic E-state index is 0.490. The summed E-state index contributed by atoms with van der Waals surface area (Å²) in [4.78, 5) is 0. The first-order chi connectivity index (χ1) is 27.7. The lowest BCUT2D eigenvalue weighted by Crippen LogP contribution is -2.37. The zero-order valence-electron chi connectivity index (χ0n) is 31.0. The average molecular weight is 715 g/mol. The van der Waals surface area contributed by atoms with E-state index in [4.69, 9.17) is 4.74 Å². The van der Waals surface area contributed by atoms with Crippen molar-refractivity contribution >= 4 is 43.1 Å². The summed E-state index contributed by atoms with van der Waals surface area (Å²) < 4.78 is 7.47. The Labute approximate surface area is 327 Å². The Morgan fingerprint density at radius 1 is 0.268 bits per heavy atom. The zero-order chi connectivity index (χ0) is 37.1. The van der Waals surface area contributed by atoms with Crippen molar-refractivity contribution in [3.63, 3.8) is 0 Å². The molecular weight excluding hydrogens is 677 g/mol. The van der Waals surface area contributed by atoms with Crippen molar-refractivity contribution in [3.05, 3.63) is 229 Å². The summed E-state index contributed by atoms with van der Waals surface area (Å²) in [6, 6.07) is 75.5. The van der Waals surface area contributed by atoms with Crippen molar-refractivity contribution in [1.29, 1.82) is 0 Å². The maximum atomic E-state index is 7.47. The molecule has 0 unspecified atom stereocenters. The molecule has 1 nitrogen and oxygen atoms in total. The molecule has 0 saturated carbocycles. The van der Waals surface area contributed by atoms with E-state index < -0.39 is 5.41 Å². The predicted molar refractivity (Wildman–Crippen MR) is 235 cm³/mol. The van der Waals surface area contributed by atoms with Crippen LogP contribution in [0.3, 0.4) is 0 Å². The fraction of sp³-hybridized carbons (Fsp3) is 0.0545. The Morgan fingerprint density at radius 2 is 0.571 bits per heavy atom. The van der Waals surface area contributed by atoms with Crippen LogP contribution in [0, 0.1) is 0 Å². The van der Waals surface area contributed by atoms with E-state index in [0.717, 1.165) is 35.1 Å². The third-order valence-electron chi connectivity index (χ3n) is 12.1. The van der Waals surface area contributed by atoms with E-state index in [2.05, 4.69) is 206 Å². The van der Waals surface area contributed by atoms with Crippen molar-refractivity contribution in [2.24, 2.45) is 0 Å². The maximum Gasteiger partial charge on any atom is 0.140 e. The molecule has 56 heavy (non-hydrogen) atoms. The lowest BCUT2D eigenvalue weighted by atomic mass is 9.62. The Kier molecular flexibility index (Phi) is 7.60. The summed E-state index contributed by atoms with van der Waals surface area (Å²) in [5.74, 6) is 1.94. The van der Waals surface area contributed by atoms with Gasteiger partial charge in [-0.3, -0.25) is 0 Å². The Balaban J connectivity index is 1.18. The number of hydrogen-bond acceptors (Lipinski definition) is 1. The molecule has 0 saturated heterocycles. The molecule has 10 aromatic carbocycles. The summed E-state index contributed by atoms with van der Waals surface area (Å²) in [5.41, 5.74) is 9.53. The number of rotatable bonds is 6. The van der Waals surface area contributed by atoms with E-state index in [-0.39, 0.29) is 0 Å². The van der Waals surface area contributed by atoms with Crippen LogP contribution in [0.2, 0.25) is 0 Å². The van der Waals surface area contributed by atoms with E-state index >= 15 is 0 Å². The monoisotopic (exact) mass is 714 g/mol. The van der Waals surface area contributed by atoms with Gasteiger partial charge in [0.05, 0.1) is 0 Å². The van der Waals surface area contributed by atoms with Gasteiger partial charge < -0.3 is 4.74 Å². The molecule has 0 bridgehead atoms. The highest BCUT2D eigenvalue weighted by atomic mass is 16.5. The molecule has 0 spiro atoms. The van der Waals surface area contributed by atoms with E-state index in [1.165, 1.54) is 76.8 Å². The van der Waals surface area contributed by atoms with Gasteiger partial charge in [-0.05, 0) is 78.5 Å². The molecule has 1 aliphatic heterocycles. The fourth-order valence-corrected chi connectivity index (χ4v) is 9.62. The van der Waals surface area contributed by atoms with Crippen LogP contribution in [0.5, 0.6) is 11.5 Å². The molecule has 0 amide bonds. The molecule has 0 radical (unpaired) electrons.